The largest absolute Gasteiger partial charge is 0.378 e. The Bertz CT molecular complexity index is 422. The molecule has 2 heterocycles. The quantitative estimate of drug-likeness (QED) is 0.899. The van der Waals surface area contributed by atoms with Crippen LogP contribution in [-0.4, -0.2) is 37.3 Å². The first-order chi connectivity index (χ1) is 9.24. The van der Waals surface area contributed by atoms with E-state index in [1.54, 1.807) is 0 Å². The average molecular weight is 281 g/mol. The zero-order valence-corrected chi connectivity index (χ0v) is 12.6. The van der Waals surface area contributed by atoms with Crippen molar-refractivity contribution in [3.05, 3.63) is 10.6 Å². The fraction of sp³-hybridized carbons (Fsp3) is 0.786. The Labute approximate surface area is 119 Å². The van der Waals surface area contributed by atoms with Gasteiger partial charge in [0, 0.05) is 36.5 Å². The van der Waals surface area contributed by atoms with Gasteiger partial charge in [0.25, 0.3) is 0 Å². The van der Waals surface area contributed by atoms with Crippen LogP contribution in [0, 0.1) is 0 Å². The SMILES string of the molecule is CC(C)NCc1sc(N2CCOCC2)nc1C1CC1. The van der Waals surface area contributed by atoms with Crippen molar-refractivity contribution in [2.45, 2.75) is 45.2 Å². The summed E-state index contributed by atoms with van der Waals surface area (Å²) in [5.41, 5.74) is 1.36. The lowest BCUT2D eigenvalue weighted by atomic mass is 10.2. The summed E-state index contributed by atoms with van der Waals surface area (Å²) >= 11 is 1.87. The standard InChI is InChI=1S/C14H23N3OS/c1-10(2)15-9-12-13(11-3-4-11)16-14(19-12)17-5-7-18-8-6-17/h10-11,15H,3-9H2,1-2H3. The number of ether oxygens (including phenoxy) is 1. The van der Waals surface area contributed by atoms with Crippen LogP contribution in [0.15, 0.2) is 0 Å². The molecule has 19 heavy (non-hydrogen) atoms. The molecule has 0 bridgehead atoms. The molecule has 2 aliphatic rings. The monoisotopic (exact) mass is 281 g/mol. The molecule has 1 saturated carbocycles. The van der Waals surface area contributed by atoms with Gasteiger partial charge in [0.2, 0.25) is 0 Å². The van der Waals surface area contributed by atoms with Crippen LogP contribution in [-0.2, 0) is 11.3 Å². The zero-order valence-electron chi connectivity index (χ0n) is 11.8. The molecule has 1 aromatic heterocycles. The third-order valence-corrected chi connectivity index (χ3v) is 4.76. The van der Waals surface area contributed by atoms with Crippen molar-refractivity contribution < 1.29 is 4.74 Å². The zero-order chi connectivity index (χ0) is 13.2. The van der Waals surface area contributed by atoms with E-state index in [-0.39, 0.29) is 0 Å². The second kappa shape index (κ2) is 5.77. The Hall–Kier alpha value is -0.650. The van der Waals surface area contributed by atoms with E-state index in [9.17, 15) is 0 Å². The molecule has 106 valence electrons. The molecule has 0 aromatic carbocycles. The van der Waals surface area contributed by atoms with Gasteiger partial charge in [-0.3, -0.25) is 0 Å². The molecule has 0 unspecified atom stereocenters. The van der Waals surface area contributed by atoms with Crippen molar-refractivity contribution in [3.63, 3.8) is 0 Å². The smallest absolute Gasteiger partial charge is 0.185 e. The molecule has 0 amide bonds. The van der Waals surface area contributed by atoms with Gasteiger partial charge in [0.1, 0.15) is 0 Å². The highest BCUT2D eigenvalue weighted by atomic mass is 32.1. The van der Waals surface area contributed by atoms with E-state index >= 15 is 0 Å². The molecule has 1 aromatic rings. The second-order valence-corrected chi connectivity index (χ2v) is 6.78. The van der Waals surface area contributed by atoms with Crippen LogP contribution >= 0.6 is 11.3 Å². The van der Waals surface area contributed by atoms with Crippen LogP contribution in [0.2, 0.25) is 0 Å². The number of rotatable bonds is 5. The van der Waals surface area contributed by atoms with Crippen LogP contribution in [0.4, 0.5) is 5.13 Å². The minimum atomic E-state index is 0.529. The Kier molecular flexibility index (Phi) is 4.05. The van der Waals surface area contributed by atoms with Crippen LogP contribution in [0.1, 0.15) is 43.2 Å². The Morgan fingerprint density at radius 1 is 1.37 bits per heavy atom. The van der Waals surface area contributed by atoms with Gasteiger partial charge in [-0.1, -0.05) is 13.8 Å². The lowest BCUT2D eigenvalue weighted by molar-refractivity contribution is 0.122. The van der Waals surface area contributed by atoms with Gasteiger partial charge in [-0.25, -0.2) is 4.98 Å². The molecule has 0 atom stereocenters. The van der Waals surface area contributed by atoms with Crippen LogP contribution in [0.25, 0.3) is 0 Å². The molecular weight excluding hydrogens is 258 g/mol. The van der Waals surface area contributed by atoms with E-state index in [1.165, 1.54) is 28.5 Å². The summed E-state index contributed by atoms with van der Waals surface area (Å²) in [6, 6.07) is 0.529. The van der Waals surface area contributed by atoms with Crippen molar-refractivity contribution in [3.8, 4) is 0 Å². The molecule has 1 saturated heterocycles. The normalized spacial score (nSPS) is 20.3. The first-order valence-electron chi connectivity index (χ1n) is 7.29. The topological polar surface area (TPSA) is 37.4 Å². The first kappa shape index (κ1) is 13.3. The summed E-state index contributed by atoms with van der Waals surface area (Å²) in [6.45, 7) is 8.98. The summed E-state index contributed by atoms with van der Waals surface area (Å²) in [6.07, 6.45) is 2.64. The number of anilines is 1. The Morgan fingerprint density at radius 3 is 2.74 bits per heavy atom. The van der Waals surface area contributed by atoms with E-state index in [2.05, 4.69) is 24.1 Å². The predicted octanol–water partition coefficient (Wildman–Crippen LogP) is 2.36. The number of aromatic nitrogens is 1. The van der Waals surface area contributed by atoms with Crippen molar-refractivity contribution in [2.75, 3.05) is 31.2 Å². The molecule has 1 aliphatic carbocycles. The molecule has 5 heteroatoms. The van der Waals surface area contributed by atoms with Gasteiger partial charge in [-0.15, -0.1) is 11.3 Å². The van der Waals surface area contributed by atoms with Crippen LogP contribution in [0.3, 0.4) is 0 Å². The number of morpholine rings is 1. The summed E-state index contributed by atoms with van der Waals surface area (Å²) in [7, 11) is 0. The molecule has 1 N–H and O–H groups in total. The molecule has 0 radical (unpaired) electrons. The number of hydrogen-bond acceptors (Lipinski definition) is 5. The van der Waals surface area contributed by atoms with E-state index in [0.29, 0.717) is 6.04 Å². The van der Waals surface area contributed by atoms with E-state index in [0.717, 1.165) is 38.8 Å². The number of nitrogens with zero attached hydrogens (tertiary/aromatic N) is 2. The predicted molar refractivity (Wildman–Crippen MR) is 79.1 cm³/mol. The number of thiazole rings is 1. The van der Waals surface area contributed by atoms with Gasteiger partial charge in [-0.2, -0.15) is 0 Å². The first-order valence-corrected chi connectivity index (χ1v) is 8.11. The fourth-order valence-electron chi connectivity index (χ4n) is 2.34. The molecular formula is C14H23N3OS. The van der Waals surface area contributed by atoms with Gasteiger partial charge in [-0.05, 0) is 12.8 Å². The highest BCUT2D eigenvalue weighted by Gasteiger charge is 2.30. The average Bonchev–Trinajstić information content (AvgIpc) is 3.17. The summed E-state index contributed by atoms with van der Waals surface area (Å²) < 4.78 is 5.42. The molecule has 3 rings (SSSR count). The number of hydrogen-bond donors (Lipinski definition) is 1. The molecule has 0 spiro atoms. The maximum Gasteiger partial charge on any atom is 0.185 e. The maximum atomic E-state index is 5.42. The highest BCUT2D eigenvalue weighted by Crippen LogP contribution is 2.44. The van der Waals surface area contributed by atoms with Gasteiger partial charge in [0.05, 0.1) is 18.9 Å². The fourth-order valence-corrected chi connectivity index (χ4v) is 3.49. The van der Waals surface area contributed by atoms with Crippen molar-refractivity contribution in [2.24, 2.45) is 0 Å². The van der Waals surface area contributed by atoms with E-state index in [1.807, 2.05) is 11.3 Å². The van der Waals surface area contributed by atoms with Crippen LogP contribution < -0.4 is 10.2 Å². The summed E-state index contributed by atoms with van der Waals surface area (Å²) in [5.74, 6) is 0.731. The third kappa shape index (κ3) is 3.27. The van der Waals surface area contributed by atoms with Crippen LogP contribution in [0.5, 0.6) is 0 Å². The highest BCUT2D eigenvalue weighted by molar-refractivity contribution is 7.15. The summed E-state index contributed by atoms with van der Waals surface area (Å²) in [5, 5.41) is 4.73. The van der Waals surface area contributed by atoms with Gasteiger partial charge >= 0.3 is 0 Å². The Morgan fingerprint density at radius 2 is 2.11 bits per heavy atom. The van der Waals surface area contributed by atoms with Gasteiger partial charge in [0.15, 0.2) is 5.13 Å². The molecule has 2 fully saturated rings. The van der Waals surface area contributed by atoms with E-state index < -0.39 is 0 Å². The van der Waals surface area contributed by atoms with Gasteiger partial charge < -0.3 is 15.0 Å². The Balaban J connectivity index is 1.75. The minimum Gasteiger partial charge on any atom is -0.378 e. The third-order valence-electron chi connectivity index (χ3n) is 3.63. The maximum absolute atomic E-state index is 5.42. The van der Waals surface area contributed by atoms with Crippen molar-refractivity contribution >= 4 is 16.5 Å². The van der Waals surface area contributed by atoms with Crippen molar-refractivity contribution in [1.29, 1.82) is 0 Å². The summed E-state index contributed by atoms with van der Waals surface area (Å²) in [4.78, 5) is 8.74. The lowest BCUT2D eigenvalue weighted by Crippen LogP contribution is -2.36. The van der Waals surface area contributed by atoms with Crippen molar-refractivity contribution in [1.82, 2.24) is 10.3 Å². The lowest BCUT2D eigenvalue weighted by Gasteiger charge is -2.26. The number of nitrogens with one attached hydrogen (secondary N) is 1. The molecule has 4 nitrogen and oxygen atoms in total. The molecule has 1 aliphatic heterocycles. The second-order valence-electron chi connectivity index (χ2n) is 5.71. The van der Waals surface area contributed by atoms with E-state index in [4.69, 9.17) is 9.72 Å². The minimum absolute atomic E-state index is 0.529.